The molecule has 1 aromatic heterocycles. The molecule has 0 saturated heterocycles. The van der Waals surface area contributed by atoms with Crippen LogP contribution < -0.4 is 0 Å². The van der Waals surface area contributed by atoms with Gasteiger partial charge in [0, 0.05) is 18.9 Å². The number of rotatable bonds is 5. The van der Waals surface area contributed by atoms with E-state index in [-0.39, 0.29) is 12.5 Å². The summed E-state index contributed by atoms with van der Waals surface area (Å²) in [7, 11) is 0. The van der Waals surface area contributed by atoms with Crippen LogP contribution in [0.25, 0.3) is 0 Å². The Hall–Kier alpha value is -1.85. The second-order valence-electron chi connectivity index (χ2n) is 4.21. The minimum atomic E-state index is -1.21. The second kappa shape index (κ2) is 4.99. The van der Waals surface area contributed by atoms with E-state index in [1.807, 2.05) is 0 Å². The molecule has 0 radical (unpaired) electrons. The average Bonchev–Trinajstić information content (AvgIpc) is 2.70. The summed E-state index contributed by atoms with van der Waals surface area (Å²) in [5.41, 5.74) is -1.21. The van der Waals surface area contributed by atoms with Crippen molar-refractivity contribution in [3.05, 3.63) is 18.5 Å². The molecule has 1 N–H and O–H groups in total. The molecule has 1 aromatic rings. The van der Waals surface area contributed by atoms with E-state index in [9.17, 15) is 9.59 Å². The second-order valence-corrected chi connectivity index (χ2v) is 4.21. The van der Waals surface area contributed by atoms with Crippen LogP contribution in [-0.4, -0.2) is 43.7 Å². The van der Waals surface area contributed by atoms with Gasteiger partial charge in [-0.05, 0) is 26.8 Å². The summed E-state index contributed by atoms with van der Waals surface area (Å²) in [5.74, 6) is -1.28. The minimum absolute atomic E-state index is 0.0531. The Morgan fingerprint density at radius 3 is 2.53 bits per heavy atom. The van der Waals surface area contributed by atoms with E-state index < -0.39 is 11.5 Å². The molecule has 0 saturated carbocycles. The number of amides is 1. The van der Waals surface area contributed by atoms with Gasteiger partial charge in [0.1, 0.15) is 12.1 Å². The van der Waals surface area contributed by atoms with Crippen LogP contribution in [0.5, 0.6) is 0 Å². The standard InChI is InChI=1S/C11H17N3O3/c1-4-14(11(2,3)10(16)17)9(15)8-13-7-5-6-12-13/h5-7H,4,8H2,1-3H3,(H,16,17). The van der Waals surface area contributed by atoms with Crippen LogP contribution in [0.4, 0.5) is 0 Å². The topological polar surface area (TPSA) is 75.4 Å². The van der Waals surface area contributed by atoms with Gasteiger partial charge in [-0.15, -0.1) is 0 Å². The first kappa shape index (κ1) is 13.2. The van der Waals surface area contributed by atoms with Gasteiger partial charge in [0.15, 0.2) is 0 Å². The van der Waals surface area contributed by atoms with Gasteiger partial charge in [0.25, 0.3) is 0 Å². The molecule has 1 rings (SSSR count). The quantitative estimate of drug-likeness (QED) is 0.816. The fourth-order valence-corrected chi connectivity index (χ4v) is 1.62. The highest BCUT2D eigenvalue weighted by atomic mass is 16.4. The molecule has 0 spiro atoms. The normalized spacial score (nSPS) is 11.2. The highest BCUT2D eigenvalue weighted by molar-refractivity contribution is 5.86. The zero-order chi connectivity index (χ0) is 13.1. The largest absolute Gasteiger partial charge is 0.480 e. The van der Waals surface area contributed by atoms with Crippen LogP contribution in [0, 0.1) is 0 Å². The number of carbonyl (C=O) groups excluding carboxylic acids is 1. The molecule has 6 nitrogen and oxygen atoms in total. The summed E-state index contributed by atoms with van der Waals surface area (Å²) < 4.78 is 1.48. The summed E-state index contributed by atoms with van der Waals surface area (Å²) >= 11 is 0. The Kier molecular flexibility index (Phi) is 3.88. The maximum absolute atomic E-state index is 12.0. The third-order valence-electron chi connectivity index (χ3n) is 2.67. The van der Waals surface area contributed by atoms with E-state index in [1.54, 1.807) is 25.4 Å². The molecule has 1 heterocycles. The molecule has 0 aliphatic carbocycles. The first-order valence-electron chi connectivity index (χ1n) is 5.41. The molecule has 0 aromatic carbocycles. The lowest BCUT2D eigenvalue weighted by Crippen LogP contribution is -2.53. The molecule has 0 fully saturated rings. The molecular weight excluding hydrogens is 222 g/mol. The number of carboxylic acids is 1. The van der Waals surface area contributed by atoms with Gasteiger partial charge in [0.2, 0.25) is 5.91 Å². The molecule has 0 unspecified atom stereocenters. The van der Waals surface area contributed by atoms with Gasteiger partial charge in [-0.2, -0.15) is 5.10 Å². The Morgan fingerprint density at radius 1 is 1.47 bits per heavy atom. The Labute approximate surface area is 99.8 Å². The average molecular weight is 239 g/mol. The van der Waals surface area contributed by atoms with Gasteiger partial charge >= 0.3 is 5.97 Å². The van der Waals surface area contributed by atoms with Gasteiger partial charge in [-0.25, -0.2) is 4.79 Å². The number of aliphatic carboxylic acids is 1. The van der Waals surface area contributed by atoms with Gasteiger partial charge in [0.05, 0.1) is 0 Å². The highest BCUT2D eigenvalue weighted by Crippen LogP contribution is 2.15. The van der Waals surface area contributed by atoms with E-state index in [4.69, 9.17) is 5.11 Å². The molecular formula is C11H17N3O3. The fourth-order valence-electron chi connectivity index (χ4n) is 1.62. The zero-order valence-electron chi connectivity index (χ0n) is 10.3. The van der Waals surface area contributed by atoms with Crippen LogP contribution in [0.2, 0.25) is 0 Å². The number of aromatic nitrogens is 2. The van der Waals surface area contributed by atoms with E-state index in [2.05, 4.69) is 5.10 Å². The maximum Gasteiger partial charge on any atom is 0.329 e. The zero-order valence-corrected chi connectivity index (χ0v) is 10.3. The fraction of sp³-hybridized carbons (Fsp3) is 0.545. The Bertz CT molecular complexity index is 398. The van der Waals surface area contributed by atoms with Crippen molar-refractivity contribution in [3.8, 4) is 0 Å². The summed E-state index contributed by atoms with van der Waals surface area (Å²) in [4.78, 5) is 24.4. The SMILES string of the molecule is CCN(C(=O)Cn1cccn1)C(C)(C)C(=O)O. The van der Waals surface area contributed by atoms with Crippen molar-refractivity contribution >= 4 is 11.9 Å². The van der Waals surface area contributed by atoms with Gasteiger partial charge < -0.3 is 10.0 Å². The predicted molar refractivity (Wildman–Crippen MR) is 61.3 cm³/mol. The van der Waals surface area contributed by atoms with Gasteiger partial charge in [-0.3, -0.25) is 9.48 Å². The van der Waals surface area contributed by atoms with E-state index in [0.29, 0.717) is 6.54 Å². The molecule has 17 heavy (non-hydrogen) atoms. The number of carbonyl (C=O) groups is 2. The van der Waals surface area contributed by atoms with Crippen molar-refractivity contribution in [3.63, 3.8) is 0 Å². The summed E-state index contributed by atoms with van der Waals surface area (Å²) in [6.07, 6.45) is 3.24. The lowest BCUT2D eigenvalue weighted by molar-refractivity contribution is -0.157. The number of carboxylic acid groups (broad SMARTS) is 1. The smallest absolute Gasteiger partial charge is 0.329 e. The molecule has 0 aliphatic rings. The highest BCUT2D eigenvalue weighted by Gasteiger charge is 2.36. The number of hydrogen-bond donors (Lipinski definition) is 1. The van der Waals surface area contributed by atoms with Crippen LogP contribution in [0.15, 0.2) is 18.5 Å². The van der Waals surface area contributed by atoms with Crippen molar-refractivity contribution in [2.45, 2.75) is 32.9 Å². The number of nitrogens with zero attached hydrogens (tertiary/aromatic N) is 3. The van der Waals surface area contributed by atoms with Crippen molar-refractivity contribution in [2.24, 2.45) is 0 Å². The van der Waals surface area contributed by atoms with Crippen molar-refractivity contribution < 1.29 is 14.7 Å². The molecule has 94 valence electrons. The summed E-state index contributed by atoms with van der Waals surface area (Å²) in [5, 5.41) is 13.0. The van der Waals surface area contributed by atoms with Gasteiger partial charge in [-0.1, -0.05) is 0 Å². The Morgan fingerprint density at radius 2 is 2.12 bits per heavy atom. The van der Waals surface area contributed by atoms with Crippen LogP contribution in [0.3, 0.4) is 0 Å². The first-order valence-corrected chi connectivity index (χ1v) is 5.41. The van der Waals surface area contributed by atoms with Crippen molar-refractivity contribution in [1.29, 1.82) is 0 Å². The molecule has 0 atom stereocenters. The lowest BCUT2D eigenvalue weighted by atomic mass is 10.0. The minimum Gasteiger partial charge on any atom is -0.480 e. The summed E-state index contributed by atoms with van der Waals surface area (Å²) in [6.45, 7) is 5.18. The molecule has 0 bridgehead atoms. The predicted octanol–water partition coefficient (Wildman–Crippen LogP) is 0.595. The van der Waals surface area contributed by atoms with E-state index in [0.717, 1.165) is 0 Å². The lowest BCUT2D eigenvalue weighted by Gasteiger charge is -2.34. The van der Waals surface area contributed by atoms with Crippen LogP contribution in [-0.2, 0) is 16.1 Å². The number of hydrogen-bond acceptors (Lipinski definition) is 3. The van der Waals surface area contributed by atoms with E-state index in [1.165, 1.54) is 23.4 Å². The van der Waals surface area contributed by atoms with E-state index >= 15 is 0 Å². The summed E-state index contributed by atoms with van der Waals surface area (Å²) in [6, 6.07) is 1.71. The third kappa shape index (κ3) is 2.83. The number of likely N-dealkylation sites (N-methyl/N-ethyl adjacent to an activating group) is 1. The molecule has 0 aliphatic heterocycles. The monoisotopic (exact) mass is 239 g/mol. The molecule has 6 heteroatoms. The van der Waals surface area contributed by atoms with Crippen molar-refractivity contribution in [1.82, 2.24) is 14.7 Å². The third-order valence-corrected chi connectivity index (χ3v) is 2.67. The first-order chi connectivity index (χ1) is 7.89. The van der Waals surface area contributed by atoms with Crippen LogP contribution >= 0.6 is 0 Å². The molecule has 1 amide bonds. The van der Waals surface area contributed by atoms with Crippen LogP contribution in [0.1, 0.15) is 20.8 Å². The Balaban J connectivity index is 2.81. The maximum atomic E-state index is 12.0. The van der Waals surface area contributed by atoms with Crippen molar-refractivity contribution in [2.75, 3.05) is 6.54 Å².